The van der Waals surface area contributed by atoms with E-state index in [-0.39, 0.29) is 5.91 Å². The highest BCUT2D eigenvalue weighted by Crippen LogP contribution is 2.14. The van der Waals surface area contributed by atoms with Crippen LogP contribution in [0.4, 0.5) is 0 Å². The van der Waals surface area contributed by atoms with Crippen LogP contribution in [0.5, 0.6) is 0 Å². The summed E-state index contributed by atoms with van der Waals surface area (Å²) in [6.07, 6.45) is 5.99. The van der Waals surface area contributed by atoms with Gasteiger partial charge in [-0.05, 0) is 26.1 Å². The number of ether oxygens (including phenoxy) is 1. The number of hydrogen-bond acceptors (Lipinski definition) is 6. The third-order valence-electron chi connectivity index (χ3n) is 3.44. The van der Waals surface area contributed by atoms with Gasteiger partial charge in [-0.3, -0.25) is 4.79 Å². The standard InChI is InChI=1S/C17H26N4O3/c1-6-14(8-7-13(2)23-5)17-19-15(24-20-17)9-10-16(22)21(4)12-11-18-3/h6-8,18H,1,9-12H2,2-5H3/b13-7+,14-8+. The van der Waals surface area contributed by atoms with Crippen molar-refractivity contribution in [1.82, 2.24) is 20.4 Å². The number of allylic oxidation sites excluding steroid dienone is 5. The van der Waals surface area contributed by atoms with E-state index in [0.29, 0.717) is 31.1 Å². The van der Waals surface area contributed by atoms with Gasteiger partial charge in [0.2, 0.25) is 17.6 Å². The normalized spacial score (nSPS) is 12.2. The van der Waals surface area contributed by atoms with Gasteiger partial charge in [-0.25, -0.2) is 0 Å². The molecule has 0 atom stereocenters. The van der Waals surface area contributed by atoms with Gasteiger partial charge in [-0.15, -0.1) is 0 Å². The lowest BCUT2D eigenvalue weighted by molar-refractivity contribution is -0.129. The maximum atomic E-state index is 12.0. The molecule has 1 aromatic rings. The van der Waals surface area contributed by atoms with Crippen molar-refractivity contribution in [3.63, 3.8) is 0 Å². The average Bonchev–Trinajstić information content (AvgIpc) is 3.06. The minimum Gasteiger partial charge on any atom is -0.501 e. The summed E-state index contributed by atoms with van der Waals surface area (Å²) in [5, 5.41) is 6.94. The van der Waals surface area contributed by atoms with Gasteiger partial charge >= 0.3 is 0 Å². The zero-order valence-electron chi connectivity index (χ0n) is 14.8. The molecule has 0 unspecified atom stereocenters. The number of likely N-dealkylation sites (N-methyl/N-ethyl adjacent to an activating group) is 2. The van der Waals surface area contributed by atoms with E-state index in [2.05, 4.69) is 22.0 Å². The molecule has 7 heteroatoms. The lowest BCUT2D eigenvalue weighted by Gasteiger charge is -2.16. The summed E-state index contributed by atoms with van der Waals surface area (Å²) in [4.78, 5) is 18.0. The molecule has 0 saturated heterocycles. The van der Waals surface area contributed by atoms with E-state index >= 15 is 0 Å². The summed E-state index contributed by atoms with van der Waals surface area (Å²) in [7, 11) is 5.23. The molecule has 1 N–H and O–H groups in total. The number of carbonyl (C=O) groups excluding carboxylic acids is 1. The molecule has 0 fully saturated rings. The van der Waals surface area contributed by atoms with Gasteiger partial charge in [0.25, 0.3) is 0 Å². The van der Waals surface area contributed by atoms with Gasteiger partial charge in [0.1, 0.15) is 0 Å². The maximum absolute atomic E-state index is 12.0. The van der Waals surface area contributed by atoms with Crippen molar-refractivity contribution in [3.05, 3.63) is 42.3 Å². The van der Waals surface area contributed by atoms with Gasteiger partial charge in [-0.2, -0.15) is 4.98 Å². The van der Waals surface area contributed by atoms with Gasteiger partial charge in [0.05, 0.1) is 12.9 Å². The van der Waals surface area contributed by atoms with Crippen LogP contribution in [0.25, 0.3) is 5.57 Å². The number of hydrogen-bond donors (Lipinski definition) is 1. The van der Waals surface area contributed by atoms with Crippen LogP contribution in [0.2, 0.25) is 0 Å². The van der Waals surface area contributed by atoms with Crippen LogP contribution in [0.1, 0.15) is 25.1 Å². The Morgan fingerprint density at radius 3 is 2.83 bits per heavy atom. The first-order chi connectivity index (χ1) is 11.5. The summed E-state index contributed by atoms with van der Waals surface area (Å²) in [5.74, 6) is 1.67. The SMILES string of the molecule is C=C/C(=C\C=C(/C)OC)c1noc(CCC(=O)N(C)CCNC)n1. The zero-order valence-corrected chi connectivity index (χ0v) is 14.8. The Balaban J connectivity index is 2.65. The largest absolute Gasteiger partial charge is 0.501 e. The van der Waals surface area contributed by atoms with Gasteiger partial charge in [-0.1, -0.05) is 17.8 Å². The molecule has 1 rings (SSSR count). The van der Waals surface area contributed by atoms with Gasteiger partial charge in [0.15, 0.2) is 0 Å². The van der Waals surface area contributed by atoms with Crippen LogP contribution in [0.15, 0.2) is 35.1 Å². The molecule has 0 aliphatic carbocycles. The van der Waals surface area contributed by atoms with Gasteiger partial charge < -0.3 is 19.5 Å². The summed E-state index contributed by atoms with van der Waals surface area (Å²) in [5.41, 5.74) is 0.721. The lowest BCUT2D eigenvalue weighted by atomic mass is 10.2. The number of methoxy groups -OCH3 is 1. The van der Waals surface area contributed by atoms with E-state index in [4.69, 9.17) is 9.26 Å². The molecular weight excluding hydrogens is 308 g/mol. The summed E-state index contributed by atoms with van der Waals surface area (Å²) in [6, 6.07) is 0. The Labute approximate surface area is 143 Å². The predicted octanol–water partition coefficient (Wildman–Crippen LogP) is 1.80. The molecule has 0 aromatic carbocycles. The van der Waals surface area contributed by atoms with E-state index in [9.17, 15) is 4.79 Å². The second kappa shape index (κ2) is 10.4. The highest BCUT2D eigenvalue weighted by molar-refractivity contribution is 5.76. The quantitative estimate of drug-likeness (QED) is 0.519. The van der Waals surface area contributed by atoms with E-state index in [1.54, 1.807) is 37.3 Å². The number of nitrogens with one attached hydrogen (secondary N) is 1. The average molecular weight is 334 g/mol. The van der Waals surface area contributed by atoms with Crippen LogP contribution in [-0.2, 0) is 16.0 Å². The molecular formula is C17H26N4O3. The number of rotatable bonds is 10. The molecule has 0 bridgehead atoms. The fourth-order valence-corrected chi connectivity index (χ4v) is 1.79. The van der Waals surface area contributed by atoms with Gasteiger partial charge in [0, 0.05) is 38.6 Å². The van der Waals surface area contributed by atoms with Crippen LogP contribution in [-0.4, -0.2) is 55.2 Å². The lowest BCUT2D eigenvalue weighted by Crippen LogP contribution is -2.32. The Kier molecular flexibility index (Phi) is 8.49. The summed E-state index contributed by atoms with van der Waals surface area (Å²) < 4.78 is 10.3. The van der Waals surface area contributed by atoms with Crippen molar-refractivity contribution < 1.29 is 14.1 Å². The van der Waals surface area contributed by atoms with Crippen LogP contribution < -0.4 is 5.32 Å². The van der Waals surface area contributed by atoms with E-state index in [1.807, 2.05) is 14.0 Å². The third-order valence-corrected chi connectivity index (χ3v) is 3.44. The highest BCUT2D eigenvalue weighted by Gasteiger charge is 2.13. The first kappa shape index (κ1) is 19.6. The van der Waals surface area contributed by atoms with Crippen molar-refractivity contribution in [3.8, 4) is 0 Å². The molecule has 132 valence electrons. The molecule has 0 saturated carbocycles. The van der Waals surface area contributed by atoms with Crippen molar-refractivity contribution in [2.24, 2.45) is 0 Å². The maximum Gasteiger partial charge on any atom is 0.227 e. The van der Waals surface area contributed by atoms with E-state index < -0.39 is 0 Å². The summed E-state index contributed by atoms with van der Waals surface area (Å²) in [6.45, 7) is 7.02. The van der Waals surface area contributed by atoms with E-state index in [1.165, 1.54) is 0 Å². The Morgan fingerprint density at radius 1 is 1.46 bits per heavy atom. The minimum atomic E-state index is 0.0446. The molecule has 1 heterocycles. The van der Waals surface area contributed by atoms with Crippen molar-refractivity contribution >= 4 is 11.5 Å². The number of amides is 1. The second-order valence-corrected chi connectivity index (χ2v) is 5.24. The number of nitrogens with zero attached hydrogens (tertiary/aromatic N) is 3. The fourth-order valence-electron chi connectivity index (χ4n) is 1.79. The van der Waals surface area contributed by atoms with Crippen LogP contribution in [0, 0.1) is 0 Å². The summed E-state index contributed by atoms with van der Waals surface area (Å²) >= 11 is 0. The van der Waals surface area contributed by atoms with Crippen molar-refractivity contribution in [1.29, 1.82) is 0 Å². The molecule has 0 radical (unpaired) electrons. The smallest absolute Gasteiger partial charge is 0.227 e. The zero-order chi connectivity index (χ0) is 17.9. The first-order valence-electron chi connectivity index (χ1n) is 7.78. The monoisotopic (exact) mass is 334 g/mol. The number of carbonyl (C=O) groups is 1. The second-order valence-electron chi connectivity index (χ2n) is 5.24. The predicted molar refractivity (Wildman–Crippen MR) is 93.1 cm³/mol. The molecule has 1 aromatic heterocycles. The first-order valence-corrected chi connectivity index (χ1v) is 7.78. The topological polar surface area (TPSA) is 80.5 Å². The molecule has 24 heavy (non-hydrogen) atoms. The van der Waals surface area contributed by atoms with E-state index in [0.717, 1.165) is 17.9 Å². The minimum absolute atomic E-state index is 0.0446. The molecule has 7 nitrogen and oxygen atoms in total. The van der Waals surface area contributed by atoms with Crippen molar-refractivity contribution in [2.45, 2.75) is 19.8 Å². The Morgan fingerprint density at radius 2 is 2.21 bits per heavy atom. The molecule has 0 aliphatic rings. The number of aromatic nitrogens is 2. The highest BCUT2D eigenvalue weighted by atomic mass is 16.5. The fraction of sp³-hybridized carbons (Fsp3) is 0.471. The Bertz CT molecular complexity index is 605. The molecule has 1 amide bonds. The van der Waals surface area contributed by atoms with Crippen LogP contribution in [0.3, 0.4) is 0 Å². The van der Waals surface area contributed by atoms with Crippen LogP contribution >= 0.6 is 0 Å². The molecule has 0 spiro atoms. The Hall–Kier alpha value is -2.41. The number of aryl methyl sites for hydroxylation is 1. The van der Waals surface area contributed by atoms with Crippen molar-refractivity contribution in [2.75, 3.05) is 34.3 Å². The molecule has 0 aliphatic heterocycles. The third kappa shape index (κ3) is 6.37.